The molecule has 98 valence electrons. The van der Waals surface area contributed by atoms with Gasteiger partial charge >= 0.3 is 5.97 Å². The van der Waals surface area contributed by atoms with E-state index in [0.29, 0.717) is 11.4 Å². The smallest absolute Gasteiger partial charge is 0.339 e. The summed E-state index contributed by atoms with van der Waals surface area (Å²) in [5, 5.41) is 9.37. The third-order valence-corrected chi connectivity index (χ3v) is 3.45. The molecule has 1 aliphatic heterocycles. The molecule has 0 radical (unpaired) electrons. The Morgan fingerprint density at radius 2 is 1.83 bits per heavy atom. The van der Waals surface area contributed by atoms with Gasteiger partial charge in [-0.15, -0.1) is 0 Å². The Kier molecular flexibility index (Phi) is 3.84. The zero-order chi connectivity index (χ0) is 13.1. The fourth-order valence-electron chi connectivity index (χ4n) is 2.59. The van der Waals surface area contributed by atoms with E-state index in [2.05, 4.69) is 9.88 Å². The summed E-state index contributed by atoms with van der Waals surface area (Å²) in [6.45, 7) is 5.59. The van der Waals surface area contributed by atoms with Crippen LogP contribution in [0.25, 0.3) is 0 Å². The van der Waals surface area contributed by atoms with Gasteiger partial charge in [0.05, 0.1) is 0 Å². The lowest BCUT2D eigenvalue weighted by Gasteiger charge is -2.24. The maximum atomic E-state index is 11.4. The van der Waals surface area contributed by atoms with Gasteiger partial charge in [0, 0.05) is 18.8 Å². The second kappa shape index (κ2) is 5.38. The van der Waals surface area contributed by atoms with Gasteiger partial charge in [-0.3, -0.25) is 0 Å². The van der Waals surface area contributed by atoms with Crippen molar-refractivity contribution < 1.29 is 9.90 Å². The van der Waals surface area contributed by atoms with Crippen LogP contribution in [0.5, 0.6) is 0 Å². The Balaban J connectivity index is 2.43. The summed E-state index contributed by atoms with van der Waals surface area (Å²) >= 11 is 0. The number of aromatic carboxylic acids is 1. The molecule has 4 heteroatoms. The van der Waals surface area contributed by atoms with Crippen LogP contribution in [0.4, 0.5) is 5.82 Å². The molecule has 0 amide bonds. The van der Waals surface area contributed by atoms with Crippen LogP contribution in [0.3, 0.4) is 0 Å². The fraction of sp³-hybridized carbons (Fsp3) is 0.571. The molecule has 0 saturated carbocycles. The molecular formula is C14H20N2O2. The number of carboxylic acids is 1. The van der Waals surface area contributed by atoms with E-state index < -0.39 is 5.97 Å². The maximum Gasteiger partial charge on any atom is 0.339 e. The van der Waals surface area contributed by atoms with E-state index >= 15 is 0 Å². The molecule has 0 unspecified atom stereocenters. The minimum atomic E-state index is -0.876. The van der Waals surface area contributed by atoms with E-state index in [-0.39, 0.29) is 0 Å². The molecule has 1 fully saturated rings. The number of aromatic nitrogens is 1. The second-order valence-electron chi connectivity index (χ2n) is 4.99. The van der Waals surface area contributed by atoms with Gasteiger partial charge in [0.2, 0.25) is 0 Å². The van der Waals surface area contributed by atoms with E-state index in [4.69, 9.17) is 0 Å². The quantitative estimate of drug-likeness (QED) is 0.874. The van der Waals surface area contributed by atoms with Crippen LogP contribution in [0, 0.1) is 13.8 Å². The molecule has 1 saturated heterocycles. The zero-order valence-electron chi connectivity index (χ0n) is 11.1. The monoisotopic (exact) mass is 248 g/mol. The van der Waals surface area contributed by atoms with Crippen LogP contribution in [0.2, 0.25) is 0 Å². The summed E-state index contributed by atoms with van der Waals surface area (Å²) in [4.78, 5) is 18.0. The van der Waals surface area contributed by atoms with Crippen molar-refractivity contribution in [2.24, 2.45) is 0 Å². The van der Waals surface area contributed by atoms with Gasteiger partial charge in [0.15, 0.2) is 0 Å². The van der Waals surface area contributed by atoms with Gasteiger partial charge in [-0.25, -0.2) is 9.78 Å². The highest BCUT2D eigenvalue weighted by Crippen LogP contribution is 2.25. The van der Waals surface area contributed by atoms with Crippen LogP contribution in [0.15, 0.2) is 6.07 Å². The van der Waals surface area contributed by atoms with E-state index in [0.717, 1.165) is 37.2 Å². The largest absolute Gasteiger partial charge is 0.478 e. The van der Waals surface area contributed by atoms with Crippen LogP contribution in [0.1, 0.15) is 47.3 Å². The van der Waals surface area contributed by atoms with E-state index in [1.807, 2.05) is 19.9 Å². The molecule has 1 N–H and O–H groups in total. The third-order valence-electron chi connectivity index (χ3n) is 3.45. The van der Waals surface area contributed by atoms with E-state index in [1.54, 1.807) is 0 Å². The van der Waals surface area contributed by atoms with Gasteiger partial charge in [0.25, 0.3) is 0 Å². The number of nitrogens with zero attached hydrogens (tertiary/aromatic N) is 2. The number of carboxylic acid groups (broad SMARTS) is 1. The van der Waals surface area contributed by atoms with Crippen LogP contribution in [-0.2, 0) is 0 Å². The van der Waals surface area contributed by atoms with Crippen molar-refractivity contribution in [2.45, 2.75) is 39.5 Å². The lowest BCUT2D eigenvalue weighted by Crippen LogP contribution is -2.27. The molecule has 4 nitrogen and oxygen atoms in total. The molecule has 0 aromatic carbocycles. The first-order valence-electron chi connectivity index (χ1n) is 6.56. The Morgan fingerprint density at radius 1 is 1.22 bits per heavy atom. The normalized spacial score (nSPS) is 16.4. The fourth-order valence-corrected chi connectivity index (χ4v) is 2.59. The highest BCUT2D eigenvalue weighted by molar-refractivity contribution is 5.95. The summed E-state index contributed by atoms with van der Waals surface area (Å²) in [5.41, 5.74) is 2.05. The van der Waals surface area contributed by atoms with Crippen molar-refractivity contribution in [3.63, 3.8) is 0 Å². The molecule has 0 bridgehead atoms. The summed E-state index contributed by atoms with van der Waals surface area (Å²) in [6.07, 6.45) is 4.69. The Morgan fingerprint density at radius 3 is 2.39 bits per heavy atom. The molecule has 0 atom stereocenters. The van der Waals surface area contributed by atoms with E-state index in [9.17, 15) is 9.90 Å². The van der Waals surface area contributed by atoms with Crippen molar-refractivity contribution in [2.75, 3.05) is 18.0 Å². The third kappa shape index (κ3) is 2.63. The van der Waals surface area contributed by atoms with Crippen LogP contribution < -0.4 is 4.90 Å². The van der Waals surface area contributed by atoms with E-state index in [1.165, 1.54) is 12.8 Å². The number of hydrogen-bond donors (Lipinski definition) is 1. The van der Waals surface area contributed by atoms with Crippen molar-refractivity contribution in [1.29, 1.82) is 0 Å². The number of pyridine rings is 1. The maximum absolute atomic E-state index is 11.4. The second-order valence-corrected chi connectivity index (χ2v) is 4.99. The molecular weight excluding hydrogens is 228 g/mol. The SMILES string of the molecule is Cc1cc(C)c(C(=O)O)c(N2CCCCCC2)n1. The number of rotatable bonds is 2. The number of anilines is 1. The standard InChI is InChI=1S/C14H20N2O2/c1-10-9-11(2)15-13(12(10)14(17)18)16-7-5-3-4-6-8-16/h9H,3-8H2,1-2H3,(H,17,18). The Labute approximate surface area is 108 Å². The predicted octanol–water partition coefficient (Wildman–Crippen LogP) is 2.78. The van der Waals surface area contributed by atoms with Crippen LogP contribution in [-0.4, -0.2) is 29.1 Å². The number of aryl methyl sites for hydroxylation is 2. The Hall–Kier alpha value is -1.58. The van der Waals surface area contributed by atoms with Gasteiger partial charge in [-0.2, -0.15) is 0 Å². The zero-order valence-corrected chi connectivity index (χ0v) is 11.1. The van der Waals surface area contributed by atoms with Gasteiger partial charge in [-0.05, 0) is 38.3 Å². The Bertz CT molecular complexity index is 449. The summed E-state index contributed by atoms with van der Waals surface area (Å²) in [7, 11) is 0. The molecule has 1 aliphatic rings. The molecule has 18 heavy (non-hydrogen) atoms. The summed E-state index contributed by atoms with van der Waals surface area (Å²) < 4.78 is 0. The van der Waals surface area contributed by atoms with Gasteiger partial charge in [0.1, 0.15) is 11.4 Å². The average molecular weight is 248 g/mol. The highest BCUT2D eigenvalue weighted by Gasteiger charge is 2.21. The molecule has 1 aromatic rings. The summed E-state index contributed by atoms with van der Waals surface area (Å²) in [6, 6.07) is 1.84. The van der Waals surface area contributed by atoms with Crippen molar-refractivity contribution in [3.05, 3.63) is 22.9 Å². The first kappa shape index (κ1) is 12.9. The molecule has 0 aliphatic carbocycles. The minimum Gasteiger partial charge on any atom is -0.478 e. The lowest BCUT2D eigenvalue weighted by atomic mass is 10.1. The molecule has 1 aromatic heterocycles. The lowest BCUT2D eigenvalue weighted by molar-refractivity contribution is 0.0696. The van der Waals surface area contributed by atoms with Gasteiger partial charge in [-0.1, -0.05) is 12.8 Å². The first-order valence-corrected chi connectivity index (χ1v) is 6.56. The van der Waals surface area contributed by atoms with Crippen molar-refractivity contribution >= 4 is 11.8 Å². The summed E-state index contributed by atoms with van der Waals surface area (Å²) in [5.74, 6) is -0.221. The van der Waals surface area contributed by atoms with Crippen LogP contribution >= 0.6 is 0 Å². The number of hydrogen-bond acceptors (Lipinski definition) is 3. The highest BCUT2D eigenvalue weighted by atomic mass is 16.4. The van der Waals surface area contributed by atoms with Gasteiger partial charge < -0.3 is 10.0 Å². The first-order chi connectivity index (χ1) is 8.59. The van der Waals surface area contributed by atoms with Crippen molar-refractivity contribution in [1.82, 2.24) is 4.98 Å². The molecule has 2 heterocycles. The predicted molar refractivity (Wildman–Crippen MR) is 71.4 cm³/mol. The topological polar surface area (TPSA) is 53.4 Å². The molecule has 0 spiro atoms. The molecule has 2 rings (SSSR count). The average Bonchev–Trinajstić information content (AvgIpc) is 2.55. The number of carbonyl (C=O) groups is 1. The minimum absolute atomic E-state index is 0.363. The van der Waals surface area contributed by atoms with Crippen molar-refractivity contribution in [3.8, 4) is 0 Å².